The van der Waals surface area contributed by atoms with Crippen LogP contribution in [0.15, 0.2) is 120 Å². The van der Waals surface area contributed by atoms with Crippen molar-refractivity contribution < 1.29 is 8.81 Å². The highest BCUT2D eigenvalue weighted by molar-refractivity contribution is 6.12. The summed E-state index contributed by atoms with van der Waals surface area (Å²) in [6.07, 6.45) is 0. The molecule has 0 atom stereocenters. The van der Waals surface area contributed by atoms with Crippen LogP contribution in [-0.4, -0.2) is 9.55 Å². The minimum Gasteiger partial charge on any atom is -0.455 e. The third kappa shape index (κ3) is 4.35. The van der Waals surface area contributed by atoms with Gasteiger partial charge < -0.3 is 4.42 Å². The zero-order valence-electron chi connectivity index (χ0n) is 25.8. The first-order chi connectivity index (χ1) is 21.9. The largest absolute Gasteiger partial charge is 0.455 e. The Hall–Kier alpha value is -5.22. The molecular formula is C41H33FN2O. The molecule has 3 nitrogen and oxygen atoms in total. The Kier molecular flexibility index (Phi) is 6.35. The molecule has 0 aliphatic heterocycles. The Bertz CT molecular complexity index is 2370. The van der Waals surface area contributed by atoms with Crippen molar-refractivity contribution in [1.29, 1.82) is 0 Å². The summed E-state index contributed by atoms with van der Waals surface area (Å²) in [5.41, 5.74) is 10.3. The normalized spacial score (nSPS) is 12.1. The average Bonchev–Trinajstić information content (AvgIpc) is 3.63. The van der Waals surface area contributed by atoms with Crippen molar-refractivity contribution in [2.75, 3.05) is 0 Å². The third-order valence-electron chi connectivity index (χ3n) is 9.02. The summed E-state index contributed by atoms with van der Waals surface area (Å²) >= 11 is 0. The number of hydrogen-bond donors (Lipinski definition) is 0. The van der Waals surface area contributed by atoms with Gasteiger partial charge in [-0.05, 0) is 75.9 Å². The fraction of sp³-hybridized carbons (Fsp3) is 0.146. The number of halogens is 1. The molecule has 0 unspecified atom stereocenters. The fourth-order valence-corrected chi connectivity index (χ4v) is 6.80. The van der Waals surface area contributed by atoms with E-state index in [-0.39, 0.29) is 5.82 Å². The highest BCUT2D eigenvalue weighted by Crippen LogP contribution is 2.42. The van der Waals surface area contributed by atoms with Crippen LogP contribution >= 0.6 is 0 Å². The molecule has 0 amide bonds. The maximum Gasteiger partial charge on any atom is 0.149 e. The molecule has 0 N–H and O–H groups in total. The van der Waals surface area contributed by atoms with E-state index in [0.717, 1.165) is 55.5 Å². The molecular weight excluding hydrogens is 555 g/mol. The van der Waals surface area contributed by atoms with E-state index in [4.69, 9.17) is 9.40 Å². The van der Waals surface area contributed by atoms with Crippen LogP contribution in [0.4, 0.5) is 4.39 Å². The summed E-state index contributed by atoms with van der Waals surface area (Å²) in [5.74, 6) is 1.24. The SMILES string of the molecule is CC(C)c1cccc(C(C)C)c1-n1c(-c2cccc3c2oc2cc(-c4ccc(F)cc4)ccc23)nc2ccc3ccccc3c21. The number of aromatic nitrogens is 2. The van der Waals surface area contributed by atoms with E-state index in [1.807, 2.05) is 6.07 Å². The molecule has 0 saturated carbocycles. The minimum atomic E-state index is -0.247. The Morgan fingerprint density at radius 1 is 0.644 bits per heavy atom. The summed E-state index contributed by atoms with van der Waals surface area (Å²) in [7, 11) is 0. The second kappa shape index (κ2) is 10.4. The molecule has 6 aromatic carbocycles. The molecule has 8 aromatic rings. The molecule has 4 heteroatoms. The second-order valence-corrected chi connectivity index (χ2v) is 12.5. The van der Waals surface area contributed by atoms with Crippen molar-refractivity contribution in [2.24, 2.45) is 0 Å². The van der Waals surface area contributed by atoms with Gasteiger partial charge in [0, 0.05) is 16.2 Å². The summed E-state index contributed by atoms with van der Waals surface area (Å²) in [6, 6.07) is 38.7. The number of rotatable bonds is 5. The lowest BCUT2D eigenvalue weighted by atomic mass is 9.92. The lowest BCUT2D eigenvalue weighted by molar-refractivity contribution is 0.628. The van der Waals surface area contributed by atoms with Crippen LogP contribution in [0.5, 0.6) is 0 Å². The van der Waals surface area contributed by atoms with Crippen LogP contribution in [0.1, 0.15) is 50.7 Å². The molecule has 0 spiro atoms. The van der Waals surface area contributed by atoms with Gasteiger partial charge in [0.15, 0.2) is 0 Å². The van der Waals surface area contributed by atoms with Gasteiger partial charge in [-0.15, -0.1) is 0 Å². The van der Waals surface area contributed by atoms with Crippen molar-refractivity contribution in [1.82, 2.24) is 9.55 Å². The fourth-order valence-electron chi connectivity index (χ4n) is 6.80. The van der Waals surface area contributed by atoms with Crippen molar-refractivity contribution in [3.63, 3.8) is 0 Å². The van der Waals surface area contributed by atoms with Gasteiger partial charge in [0.25, 0.3) is 0 Å². The first-order valence-electron chi connectivity index (χ1n) is 15.6. The Morgan fingerprint density at radius 2 is 1.33 bits per heavy atom. The number of para-hydroxylation sites is 2. The molecule has 220 valence electrons. The quantitative estimate of drug-likeness (QED) is 0.200. The van der Waals surface area contributed by atoms with Gasteiger partial charge >= 0.3 is 0 Å². The highest BCUT2D eigenvalue weighted by Gasteiger charge is 2.25. The first-order valence-corrected chi connectivity index (χ1v) is 15.6. The number of fused-ring (bicyclic) bond motifs is 6. The predicted molar refractivity (Wildman–Crippen MR) is 185 cm³/mol. The lowest BCUT2D eigenvalue weighted by Gasteiger charge is -2.23. The van der Waals surface area contributed by atoms with Crippen LogP contribution in [-0.2, 0) is 0 Å². The summed E-state index contributed by atoms with van der Waals surface area (Å²) < 4.78 is 22.8. The van der Waals surface area contributed by atoms with Crippen molar-refractivity contribution in [3.05, 3.63) is 132 Å². The van der Waals surface area contributed by atoms with E-state index < -0.39 is 0 Å². The maximum absolute atomic E-state index is 13.6. The van der Waals surface area contributed by atoms with Crippen molar-refractivity contribution >= 4 is 43.7 Å². The summed E-state index contributed by atoms with van der Waals surface area (Å²) in [5, 5.41) is 4.43. The molecule has 0 aliphatic carbocycles. The molecule has 0 aliphatic rings. The number of furan rings is 1. The average molecular weight is 589 g/mol. The van der Waals surface area contributed by atoms with Gasteiger partial charge in [-0.2, -0.15) is 0 Å². The number of nitrogens with zero attached hydrogens (tertiary/aromatic N) is 2. The number of imidazole rings is 1. The van der Waals surface area contributed by atoms with Crippen molar-refractivity contribution in [2.45, 2.75) is 39.5 Å². The van der Waals surface area contributed by atoms with E-state index in [2.05, 4.69) is 117 Å². The Labute approximate surface area is 261 Å². The van der Waals surface area contributed by atoms with Gasteiger partial charge in [0.1, 0.15) is 22.8 Å². The number of benzene rings is 6. The molecule has 0 fully saturated rings. The van der Waals surface area contributed by atoms with E-state index in [0.29, 0.717) is 11.8 Å². The van der Waals surface area contributed by atoms with Gasteiger partial charge in [-0.1, -0.05) is 107 Å². The first kappa shape index (κ1) is 27.3. The molecule has 2 aromatic heterocycles. The standard InChI is InChI=1S/C41H33FN2O/c1-24(2)30-11-7-12-31(25(3)4)38(30)44-39-32-10-6-5-9-27(32)18-22-36(39)43-41(44)35-14-8-13-34-33-21-17-28(23-37(33)45-40(34)35)26-15-19-29(42)20-16-26/h5-25H,1-4H3. The molecule has 0 radical (unpaired) electrons. The van der Waals surface area contributed by atoms with Gasteiger partial charge in [-0.3, -0.25) is 4.57 Å². The smallest absolute Gasteiger partial charge is 0.149 e. The van der Waals surface area contributed by atoms with Crippen LogP contribution < -0.4 is 0 Å². The summed E-state index contributed by atoms with van der Waals surface area (Å²) in [4.78, 5) is 5.37. The topological polar surface area (TPSA) is 31.0 Å². The molecule has 0 bridgehead atoms. The molecule has 2 heterocycles. The number of hydrogen-bond acceptors (Lipinski definition) is 2. The van der Waals surface area contributed by atoms with Crippen LogP contribution in [0.3, 0.4) is 0 Å². The highest BCUT2D eigenvalue weighted by atomic mass is 19.1. The summed E-state index contributed by atoms with van der Waals surface area (Å²) in [6.45, 7) is 9.05. The maximum atomic E-state index is 13.6. The minimum absolute atomic E-state index is 0.247. The van der Waals surface area contributed by atoms with E-state index >= 15 is 0 Å². The lowest BCUT2D eigenvalue weighted by Crippen LogP contribution is -2.08. The Morgan fingerprint density at radius 3 is 2.09 bits per heavy atom. The Balaban J connectivity index is 1.47. The van der Waals surface area contributed by atoms with E-state index in [1.165, 1.54) is 39.7 Å². The van der Waals surface area contributed by atoms with Crippen LogP contribution in [0, 0.1) is 5.82 Å². The predicted octanol–water partition coefficient (Wildman–Crippen LogP) is 11.8. The monoisotopic (exact) mass is 588 g/mol. The molecule has 45 heavy (non-hydrogen) atoms. The second-order valence-electron chi connectivity index (χ2n) is 12.5. The third-order valence-corrected chi connectivity index (χ3v) is 9.02. The molecule has 8 rings (SSSR count). The van der Waals surface area contributed by atoms with Crippen LogP contribution in [0.2, 0.25) is 0 Å². The van der Waals surface area contributed by atoms with E-state index in [1.54, 1.807) is 12.1 Å². The van der Waals surface area contributed by atoms with Gasteiger partial charge in [0.2, 0.25) is 0 Å². The zero-order valence-corrected chi connectivity index (χ0v) is 25.8. The van der Waals surface area contributed by atoms with Gasteiger partial charge in [0.05, 0.1) is 22.3 Å². The van der Waals surface area contributed by atoms with Gasteiger partial charge in [-0.25, -0.2) is 9.37 Å². The molecule has 0 saturated heterocycles. The van der Waals surface area contributed by atoms with Crippen molar-refractivity contribution in [3.8, 4) is 28.2 Å². The zero-order chi connectivity index (χ0) is 30.8. The van der Waals surface area contributed by atoms with E-state index in [9.17, 15) is 4.39 Å². The van der Waals surface area contributed by atoms with Crippen LogP contribution in [0.25, 0.3) is 71.9 Å².